The second-order valence-electron chi connectivity index (χ2n) is 4.42. The summed E-state index contributed by atoms with van der Waals surface area (Å²) in [5.41, 5.74) is 7.02. The molecule has 0 amide bonds. The summed E-state index contributed by atoms with van der Waals surface area (Å²) in [6.45, 7) is 1.74. The molecule has 82 valence electrons. The first-order chi connectivity index (χ1) is 7.18. The minimum atomic E-state index is -0.162. The smallest absolute Gasteiger partial charge is 0.123 e. The molecule has 0 unspecified atom stereocenters. The molecule has 0 radical (unpaired) electrons. The summed E-state index contributed by atoms with van der Waals surface area (Å²) in [7, 11) is 0. The lowest BCUT2D eigenvalue weighted by atomic mass is 10.1. The van der Waals surface area contributed by atoms with Crippen LogP contribution in [-0.2, 0) is 6.42 Å². The van der Waals surface area contributed by atoms with Crippen LogP contribution >= 0.6 is 0 Å². The van der Waals surface area contributed by atoms with E-state index in [9.17, 15) is 4.39 Å². The molecule has 0 bridgehead atoms. The fourth-order valence-electron chi connectivity index (χ4n) is 1.60. The Morgan fingerprint density at radius 3 is 2.87 bits per heavy atom. The van der Waals surface area contributed by atoms with Gasteiger partial charge in [0, 0.05) is 12.1 Å². The molecule has 1 aliphatic carbocycles. The van der Waals surface area contributed by atoms with Gasteiger partial charge in [0.2, 0.25) is 0 Å². The Kier molecular flexibility index (Phi) is 3.03. The average Bonchev–Trinajstić information content (AvgIpc) is 2.92. The van der Waals surface area contributed by atoms with Gasteiger partial charge in [0.25, 0.3) is 0 Å². The molecule has 0 spiro atoms. The molecule has 1 aromatic rings. The number of rotatable bonds is 5. The summed E-state index contributed by atoms with van der Waals surface area (Å²) in [5, 5.41) is 3.31. The summed E-state index contributed by atoms with van der Waals surface area (Å²) >= 11 is 0. The number of nitrogens with two attached hydrogens (primary N) is 1. The van der Waals surface area contributed by atoms with Gasteiger partial charge in [-0.2, -0.15) is 0 Å². The molecule has 2 rings (SSSR count). The molecule has 3 N–H and O–H groups in total. The zero-order valence-electron chi connectivity index (χ0n) is 8.80. The van der Waals surface area contributed by atoms with Gasteiger partial charge in [-0.3, -0.25) is 0 Å². The van der Waals surface area contributed by atoms with Crippen LogP contribution in [0.4, 0.5) is 4.39 Å². The minimum Gasteiger partial charge on any atom is -0.324 e. The Morgan fingerprint density at radius 1 is 1.40 bits per heavy atom. The van der Waals surface area contributed by atoms with E-state index in [4.69, 9.17) is 5.73 Å². The lowest BCUT2D eigenvalue weighted by Crippen LogP contribution is -2.36. The molecule has 0 atom stereocenters. The van der Waals surface area contributed by atoms with Gasteiger partial charge in [-0.05, 0) is 43.5 Å². The fourth-order valence-corrected chi connectivity index (χ4v) is 1.60. The lowest BCUT2D eigenvalue weighted by Gasteiger charge is -2.09. The highest BCUT2D eigenvalue weighted by Crippen LogP contribution is 2.30. The minimum absolute atomic E-state index is 0.0575. The van der Waals surface area contributed by atoms with E-state index in [0.29, 0.717) is 0 Å². The molecule has 2 nitrogen and oxygen atoms in total. The third kappa shape index (κ3) is 3.29. The first-order valence-corrected chi connectivity index (χ1v) is 5.42. The van der Waals surface area contributed by atoms with Gasteiger partial charge >= 0.3 is 0 Å². The Hall–Kier alpha value is -0.930. The maximum absolute atomic E-state index is 12.8. The SMILES string of the molecule is NC1(CNCCc2cccc(F)c2)CC1. The van der Waals surface area contributed by atoms with Crippen LogP contribution in [0.1, 0.15) is 18.4 Å². The van der Waals surface area contributed by atoms with E-state index >= 15 is 0 Å². The average molecular weight is 208 g/mol. The number of benzene rings is 1. The molecule has 1 aliphatic rings. The maximum atomic E-state index is 12.8. The van der Waals surface area contributed by atoms with Crippen molar-refractivity contribution in [2.24, 2.45) is 5.73 Å². The molecule has 0 saturated heterocycles. The zero-order chi connectivity index (χ0) is 10.7. The van der Waals surface area contributed by atoms with Gasteiger partial charge in [-0.25, -0.2) is 4.39 Å². The summed E-state index contributed by atoms with van der Waals surface area (Å²) in [6, 6.07) is 6.74. The van der Waals surface area contributed by atoms with Crippen molar-refractivity contribution < 1.29 is 4.39 Å². The molecule has 3 heteroatoms. The normalized spacial score (nSPS) is 17.7. The monoisotopic (exact) mass is 208 g/mol. The predicted molar refractivity (Wildman–Crippen MR) is 59.1 cm³/mol. The van der Waals surface area contributed by atoms with E-state index in [1.54, 1.807) is 12.1 Å². The Bertz CT molecular complexity index is 334. The van der Waals surface area contributed by atoms with Crippen LogP contribution < -0.4 is 11.1 Å². The molecule has 15 heavy (non-hydrogen) atoms. The topological polar surface area (TPSA) is 38.0 Å². The number of nitrogens with one attached hydrogen (secondary N) is 1. The number of hydrogen-bond acceptors (Lipinski definition) is 2. The molecule has 1 saturated carbocycles. The van der Waals surface area contributed by atoms with Gasteiger partial charge in [0.15, 0.2) is 0 Å². The van der Waals surface area contributed by atoms with E-state index in [1.807, 2.05) is 6.07 Å². The Labute approximate surface area is 89.7 Å². The van der Waals surface area contributed by atoms with Gasteiger partial charge in [-0.1, -0.05) is 12.1 Å². The Morgan fingerprint density at radius 2 is 2.20 bits per heavy atom. The highest BCUT2D eigenvalue weighted by atomic mass is 19.1. The van der Waals surface area contributed by atoms with Crippen LogP contribution in [0.5, 0.6) is 0 Å². The summed E-state index contributed by atoms with van der Waals surface area (Å²) < 4.78 is 12.8. The van der Waals surface area contributed by atoms with Crippen molar-refractivity contribution in [2.45, 2.75) is 24.8 Å². The van der Waals surface area contributed by atoms with Crippen molar-refractivity contribution in [3.63, 3.8) is 0 Å². The molecule has 0 heterocycles. The third-order valence-electron chi connectivity index (χ3n) is 2.85. The van der Waals surface area contributed by atoms with E-state index < -0.39 is 0 Å². The molecule has 0 aliphatic heterocycles. The van der Waals surface area contributed by atoms with Crippen molar-refractivity contribution in [1.29, 1.82) is 0 Å². The first kappa shape index (κ1) is 10.6. The zero-order valence-corrected chi connectivity index (χ0v) is 8.80. The number of halogens is 1. The van der Waals surface area contributed by atoms with Crippen LogP contribution in [0, 0.1) is 5.82 Å². The van der Waals surface area contributed by atoms with E-state index in [-0.39, 0.29) is 11.4 Å². The van der Waals surface area contributed by atoms with E-state index in [1.165, 1.54) is 6.07 Å². The standard InChI is InChI=1S/C12H17FN2/c13-11-3-1-2-10(8-11)4-7-15-9-12(14)5-6-12/h1-3,8,15H,4-7,9,14H2. The summed E-state index contributed by atoms with van der Waals surface area (Å²) in [4.78, 5) is 0. The van der Waals surface area contributed by atoms with Crippen molar-refractivity contribution in [2.75, 3.05) is 13.1 Å². The molecule has 1 aromatic carbocycles. The van der Waals surface area contributed by atoms with Crippen LogP contribution in [-0.4, -0.2) is 18.6 Å². The van der Waals surface area contributed by atoms with Crippen molar-refractivity contribution in [3.05, 3.63) is 35.6 Å². The maximum Gasteiger partial charge on any atom is 0.123 e. The molecular formula is C12H17FN2. The van der Waals surface area contributed by atoms with E-state index in [2.05, 4.69) is 5.32 Å². The highest BCUT2D eigenvalue weighted by Gasteiger charge is 2.37. The highest BCUT2D eigenvalue weighted by molar-refractivity contribution is 5.16. The first-order valence-electron chi connectivity index (χ1n) is 5.42. The van der Waals surface area contributed by atoms with Gasteiger partial charge in [0.05, 0.1) is 0 Å². The lowest BCUT2D eigenvalue weighted by molar-refractivity contribution is 0.569. The van der Waals surface area contributed by atoms with Crippen LogP contribution in [0.15, 0.2) is 24.3 Å². The molecule has 1 fully saturated rings. The fraction of sp³-hybridized carbons (Fsp3) is 0.500. The molecule has 0 aromatic heterocycles. The van der Waals surface area contributed by atoms with Crippen molar-refractivity contribution >= 4 is 0 Å². The summed E-state index contributed by atoms with van der Waals surface area (Å²) in [6.07, 6.45) is 3.10. The largest absolute Gasteiger partial charge is 0.324 e. The van der Waals surface area contributed by atoms with Crippen molar-refractivity contribution in [1.82, 2.24) is 5.32 Å². The van der Waals surface area contributed by atoms with Gasteiger partial charge in [0.1, 0.15) is 5.82 Å². The quantitative estimate of drug-likeness (QED) is 0.719. The van der Waals surface area contributed by atoms with Crippen LogP contribution in [0.2, 0.25) is 0 Å². The summed E-state index contributed by atoms with van der Waals surface area (Å²) in [5.74, 6) is -0.162. The molecular weight excluding hydrogens is 191 g/mol. The predicted octanol–water partition coefficient (Wildman–Crippen LogP) is 1.45. The number of hydrogen-bond donors (Lipinski definition) is 2. The van der Waals surface area contributed by atoms with Crippen LogP contribution in [0.3, 0.4) is 0 Å². The van der Waals surface area contributed by atoms with Gasteiger partial charge < -0.3 is 11.1 Å². The second-order valence-corrected chi connectivity index (χ2v) is 4.42. The van der Waals surface area contributed by atoms with E-state index in [0.717, 1.165) is 37.9 Å². The van der Waals surface area contributed by atoms with Gasteiger partial charge in [-0.15, -0.1) is 0 Å². The third-order valence-corrected chi connectivity index (χ3v) is 2.85. The van der Waals surface area contributed by atoms with Crippen molar-refractivity contribution in [3.8, 4) is 0 Å². The second kappa shape index (κ2) is 4.29. The Balaban J connectivity index is 1.69. The van der Waals surface area contributed by atoms with Crippen LogP contribution in [0.25, 0.3) is 0 Å².